The molecule has 0 radical (unpaired) electrons. The molecule has 90 valence electrons. The van der Waals surface area contributed by atoms with E-state index in [1.807, 2.05) is 12.1 Å². The van der Waals surface area contributed by atoms with Gasteiger partial charge in [0.1, 0.15) is 6.07 Å². The molecule has 0 spiro atoms. The van der Waals surface area contributed by atoms with Crippen LogP contribution in [0.3, 0.4) is 0 Å². The summed E-state index contributed by atoms with van der Waals surface area (Å²) in [6.45, 7) is 3.69. The maximum Gasteiger partial charge on any atom is 0.101 e. The molecule has 0 aliphatic carbocycles. The quantitative estimate of drug-likeness (QED) is 0.765. The highest BCUT2D eigenvalue weighted by molar-refractivity contribution is 5.73. The molecular weight excluding hydrogens is 214 g/mol. The maximum absolute atomic E-state index is 8.94. The molecule has 1 aromatic carbocycles. The van der Waals surface area contributed by atoms with Crippen molar-refractivity contribution < 1.29 is 4.74 Å². The van der Waals surface area contributed by atoms with Crippen LogP contribution in [0.15, 0.2) is 18.2 Å². The average molecular weight is 231 g/mol. The van der Waals surface area contributed by atoms with Crippen LogP contribution in [-0.2, 0) is 4.74 Å². The standard InChI is InChI=1S/C13H17N3O/c1-13(5-7-17-8-6-13)16-11-4-2-3-10(9-14)12(11)15/h2-4,16H,5-8,15H2,1H3. The monoisotopic (exact) mass is 231 g/mol. The van der Waals surface area contributed by atoms with Gasteiger partial charge in [-0.25, -0.2) is 0 Å². The summed E-state index contributed by atoms with van der Waals surface area (Å²) in [5.41, 5.74) is 7.84. The highest BCUT2D eigenvalue weighted by Crippen LogP contribution is 2.30. The van der Waals surface area contributed by atoms with E-state index in [4.69, 9.17) is 15.7 Å². The predicted molar refractivity (Wildman–Crippen MR) is 67.7 cm³/mol. The Kier molecular flexibility index (Phi) is 3.21. The number of rotatable bonds is 2. The molecule has 1 aromatic rings. The SMILES string of the molecule is CC1(Nc2cccc(C#N)c2N)CCOCC1. The molecule has 2 rings (SSSR count). The second-order valence-electron chi connectivity index (χ2n) is 4.68. The van der Waals surface area contributed by atoms with E-state index in [0.29, 0.717) is 11.3 Å². The van der Waals surface area contributed by atoms with Crippen molar-refractivity contribution in [2.45, 2.75) is 25.3 Å². The van der Waals surface area contributed by atoms with Gasteiger partial charge in [0, 0.05) is 18.8 Å². The number of benzene rings is 1. The van der Waals surface area contributed by atoms with Crippen LogP contribution in [-0.4, -0.2) is 18.8 Å². The molecule has 17 heavy (non-hydrogen) atoms. The van der Waals surface area contributed by atoms with Crippen molar-refractivity contribution in [1.29, 1.82) is 5.26 Å². The van der Waals surface area contributed by atoms with E-state index in [1.165, 1.54) is 0 Å². The van der Waals surface area contributed by atoms with Gasteiger partial charge in [-0.15, -0.1) is 0 Å². The lowest BCUT2D eigenvalue weighted by atomic mass is 9.92. The molecule has 1 aliphatic rings. The van der Waals surface area contributed by atoms with Gasteiger partial charge in [-0.05, 0) is 31.9 Å². The molecule has 1 aliphatic heterocycles. The first-order valence-corrected chi connectivity index (χ1v) is 5.79. The number of hydrogen-bond acceptors (Lipinski definition) is 4. The highest BCUT2D eigenvalue weighted by Gasteiger charge is 2.27. The minimum Gasteiger partial charge on any atom is -0.396 e. The lowest BCUT2D eigenvalue weighted by Gasteiger charge is -2.35. The Morgan fingerprint density at radius 3 is 2.76 bits per heavy atom. The van der Waals surface area contributed by atoms with Crippen LogP contribution in [0.2, 0.25) is 0 Å². The molecule has 0 bridgehead atoms. The van der Waals surface area contributed by atoms with Gasteiger partial charge in [0.05, 0.1) is 16.9 Å². The number of nitrogen functional groups attached to an aromatic ring is 1. The van der Waals surface area contributed by atoms with Gasteiger partial charge in [0.15, 0.2) is 0 Å². The summed E-state index contributed by atoms with van der Waals surface area (Å²) in [6, 6.07) is 7.59. The Labute approximate surface area is 101 Å². The van der Waals surface area contributed by atoms with Crippen LogP contribution >= 0.6 is 0 Å². The predicted octanol–water partition coefficient (Wildman–Crippen LogP) is 2.12. The van der Waals surface area contributed by atoms with Crippen molar-refractivity contribution in [3.05, 3.63) is 23.8 Å². The second-order valence-corrected chi connectivity index (χ2v) is 4.68. The molecule has 4 heteroatoms. The van der Waals surface area contributed by atoms with Crippen LogP contribution in [0.25, 0.3) is 0 Å². The molecule has 0 atom stereocenters. The van der Waals surface area contributed by atoms with E-state index in [1.54, 1.807) is 6.07 Å². The van der Waals surface area contributed by atoms with Crippen molar-refractivity contribution in [3.63, 3.8) is 0 Å². The molecule has 1 saturated heterocycles. The minimum absolute atomic E-state index is 0.000445. The summed E-state index contributed by atoms with van der Waals surface area (Å²) in [4.78, 5) is 0. The maximum atomic E-state index is 8.94. The molecular formula is C13H17N3O. The van der Waals surface area contributed by atoms with Gasteiger partial charge in [0.25, 0.3) is 0 Å². The first-order valence-electron chi connectivity index (χ1n) is 5.79. The second kappa shape index (κ2) is 4.64. The van der Waals surface area contributed by atoms with Crippen LogP contribution < -0.4 is 11.1 Å². The fourth-order valence-corrected chi connectivity index (χ4v) is 2.04. The molecule has 0 aromatic heterocycles. The Morgan fingerprint density at radius 2 is 2.12 bits per heavy atom. The number of nitrogens with one attached hydrogen (secondary N) is 1. The number of hydrogen-bond donors (Lipinski definition) is 2. The first-order chi connectivity index (χ1) is 8.14. The zero-order valence-electron chi connectivity index (χ0n) is 9.99. The fraction of sp³-hybridized carbons (Fsp3) is 0.462. The third kappa shape index (κ3) is 2.51. The van der Waals surface area contributed by atoms with Crippen molar-refractivity contribution in [2.24, 2.45) is 0 Å². The van der Waals surface area contributed by atoms with Crippen molar-refractivity contribution >= 4 is 11.4 Å². The summed E-state index contributed by atoms with van der Waals surface area (Å²) >= 11 is 0. The van der Waals surface area contributed by atoms with Gasteiger partial charge >= 0.3 is 0 Å². The first kappa shape index (κ1) is 11.7. The molecule has 1 fully saturated rings. The third-order valence-electron chi connectivity index (χ3n) is 3.26. The largest absolute Gasteiger partial charge is 0.396 e. The van der Waals surface area contributed by atoms with E-state index < -0.39 is 0 Å². The van der Waals surface area contributed by atoms with E-state index in [9.17, 15) is 0 Å². The molecule has 3 N–H and O–H groups in total. The zero-order chi connectivity index (χ0) is 12.3. The number of nitriles is 1. The topological polar surface area (TPSA) is 71.1 Å². The molecule has 1 heterocycles. The van der Waals surface area contributed by atoms with E-state index in [2.05, 4.69) is 18.3 Å². The van der Waals surface area contributed by atoms with Crippen molar-refractivity contribution in [2.75, 3.05) is 24.3 Å². The number of nitrogens with two attached hydrogens (primary N) is 1. The Hall–Kier alpha value is -1.73. The van der Waals surface area contributed by atoms with Crippen molar-refractivity contribution in [3.8, 4) is 6.07 Å². The number of para-hydroxylation sites is 1. The van der Waals surface area contributed by atoms with Gasteiger partial charge in [-0.2, -0.15) is 5.26 Å². The van der Waals surface area contributed by atoms with Crippen LogP contribution in [0.1, 0.15) is 25.3 Å². The molecule has 4 nitrogen and oxygen atoms in total. The summed E-state index contributed by atoms with van der Waals surface area (Å²) < 4.78 is 5.35. The lowest BCUT2D eigenvalue weighted by molar-refractivity contribution is 0.0658. The fourth-order valence-electron chi connectivity index (χ4n) is 2.04. The van der Waals surface area contributed by atoms with Gasteiger partial charge < -0.3 is 15.8 Å². The van der Waals surface area contributed by atoms with Crippen LogP contribution in [0, 0.1) is 11.3 Å². The normalized spacial score (nSPS) is 18.4. The van der Waals surface area contributed by atoms with Gasteiger partial charge in [-0.1, -0.05) is 6.07 Å². The summed E-state index contributed by atoms with van der Waals surface area (Å²) in [5.74, 6) is 0. The summed E-state index contributed by atoms with van der Waals surface area (Å²) in [5, 5.41) is 12.4. The van der Waals surface area contributed by atoms with E-state index >= 15 is 0 Å². The number of ether oxygens (including phenoxy) is 1. The highest BCUT2D eigenvalue weighted by atomic mass is 16.5. The number of nitrogens with zero attached hydrogens (tertiary/aromatic N) is 1. The van der Waals surface area contributed by atoms with Gasteiger partial charge in [0.2, 0.25) is 0 Å². The lowest BCUT2D eigenvalue weighted by Crippen LogP contribution is -2.40. The van der Waals surface area contributed by atoms with Crippen LogP contribution in [0.4, 0.5) is 11.4 Å². The van der Waals surface area contributed by atoms with E-state index in [0.717, 1.165) is 31.7 Å². The van der Waals surface area contributed by atoms with Gasteiger partial charge in [-0.3, -0.25) is 0 Å². The minimum atomic E-state index is 0.000445. The number of anilines is 2. The van der Waals surface area contributed by atoms with Crippen molar-refractivity contribution in [1.82, 2.24) is 0 Å². The van der Waals surface area contributed by atoms with E-state index in [-0.39, 0.29) is 5.54 Å². The zero-order valence-corrected chi connectivity index (χ0v) is 9.99. The molecule has 0 saturated carbocycles. The summed E-state index contributed by atoms with van der Waals surface area (Å²) in [7, 11) is 0. The third-order valence-corrected chi connectivity index (χ3v) is 3.26. The Bertz CT molecular complexity index is 444. The Balaban J connectivity index is 2.21. The average Bonchev–Trinajstić information content (AvgIpc) is 2.32. The Morgan fingerprint density at radius 1 is 1.41 bits per heavy atom. The smallest absolute Gasteiger partial charge is 0.101 e. The molecule has 0 amide bonds. The van der Waals surface area contributed by atoms with Crippen LogP contribution in [0.5, 0.6) is 0 Å². The summed E-state index contributed by atoms with van der Waals surface area (Å²) in [6.07, 6.45) is 1.90. The molecule has 0 unspecified atom stereocenters.